The van der Waals surface area contributed by atoms with Crippen molar-refractivity contribution in [3.63, 3.8) is 0 Å². The summed E-state index contributed by atoms with van der Waals surface area (Å²) in [7, 11) is -2.35. The maximum atomic E-state index is 13.5. The average Bonchev–Trinajstić information content (AvgIpc) is 2.82. The minimum atomic E-state index is -3.84. The van der Waals surface area contributed by atoms with Crippen molar-refractivity contribution in [3.8, 4) is 5.75 Å². The number of hydrogen-bond acceptors (Lipinski definition) is 4. The minimum absolute atomic E-state index is 0.0304. The number of amides is 1. The molecule has 0 spiro atoms. The molecule has 10 heteroatoms. The van der Waals surface area contributed by atoms with E-state index in [1.54, 1.807) is 6.92 Å². The number of nitrogens with one attached hydrogen (secondary N) is 2. The zero-order valence-electron chi connectivity index (χ0n) is 14.3. The van der Waals surface area contributed by atoms with Crippen LogP contribution in [0, 0.1) is 18.6 Å². The normalized spacial score (nSPS) is 18.6. The van der Waals surface area contributed by atoms with Gasteiger partial charge in [-0.3, -0.25) is 4.79 Å². The highest BCUT2D eigenvalue weighted by Crippen LogP contribution is 2.32. The first-order valence-corrected chi connectivity index (χ1v) is 9.20. The van der Waals surface area contributed by atoms with Crippen LogP contribution in [0.15, 0.2) is 23.2 Å². The van der Waals surface area contributed by atoms with Gasteiger partial charge in [0.05, 0.1) is 6.04 Å². The first-order chi connectivity index (χ1) is 12.1. The SMILES string of the molecule is Cc1cc(NC(=O)c2c3c(cn2C)S(=O)(=O)N[C@@H](C)CO3)cc(F)c1F. The zero-order valence-corrected chi connectivity index (χ0v) is 15.1. The van der Waals surface area contributed by atoms with Crippen molar-refractivity contribution in [3.05, 3.63) is 41.2 Å². The lowest BCUT2D eigenvalue weighted by Gasteiger charge is -2.12. The second-order valence-electron chi connectivity index (χ2n) is 6.16. The maximum absolute atomic E-state index is 13.5. The predicted octanol–water partition coefficient (Wildman–Crippen LogP) is 1.92. The topological polar surface area (TPSA) is 89.4 Å². The fraction of sp³-hybridized carbons (Fsp3) is 0.312. The Morgan fingerprint density at radius 2 is 2.08 bits per heavy atom. The smallest absolute Gasteiger partial charge is 0.276 e. The van der Waals surface area contributed by atoms with E-state index in [1.807, 2.05) is 0 Å². The fourth-order valence-corrected chi connectivity index (χ4v) is 4.15. The third kappa shape index (κ3) is 3.17. The predicted molar refractivity (Wildman–Crippen MR) is 89.7 cm³/mol. The van der Waals surface area contributed by atoms with E-state index in [0.29, 0.717) is 0 Å². The largest absolute Gasteiger partial charge is 0.488 e. The molecule has 3 rings (SSSR count). The van der Waals surface area contributed by atoms with Gasteiger partial charge in [0.15, 0.2) is 23.1 Å². The van der Waals surface area contributed by atoms with Crippen LogP contribution in [0.4, 0.5) is 14.5 Å². The van der Waals surface area contributed by atoms with Crippen molar-refractivity contribution < 1.29 is 26.7 Å². The molecule has 1 aromatic heterocycles. The molecule has 1 amide bonds. The van der Waals surface area contributed by atoms with Crippen LogP contribution in [0.25, 0.3) is 0 Å². The molecule has 7 nitrogen and oxygen atoms in total. The summed E-state index contributed by atoms with van der Waals surface area (Å²) in [4.78, 5) is 12.5. The highest BCUT2D eigenvalue weighted by atomic mass is 32.2. The summed E-state index contributed by atoms with van der Waals surface area (Å²) < 4.78 is 60.9. The number of nitrogens with zero attached hydrogens (tertiary/aromatic N) is 1. The van der Waals surface area contributed by atoms with Crippen molar-refractivity contribution in [1.82, 2.24) is 9.29 Å². The van der Waals surface area contributed by atoms with E-state index < -0.39 is 33.6 Å². The van der Waals surface area contributed by atoms with Crippen molar-refractivity contribution in [1.29, 1.82) is 0 Å². The number of benzene rings is 1. The van der Waals surface area contributed by atoms with Crippen molar-refractivity contribution >= 4 is 21.6 Å². The molecule has 1 aliphatic heterocycles. The lowest BCUT2D eigenvalue weighted by molar-refractivity contribution is 0.101. The summed E-state index contributed by atoms with van der Waals surface area (Å²) in [6, 6.07) is 1.66. The molecule has 0 fully saturated rings. The van der Waals surface area contributed by atoms with Crippen LogP contribution in [-0.2, 0) is 17.1 Å². The number of aromatic nitrogens is 1. The van der Waals surface area contributed by atoms with Gasteiger partial charge in [-0.1, -0.05) is 0 Å². The Morgan fingerprint density at radius 3 is 2.73 bits per heavy atom. The van der Waals surface area contributed by atoms with E-state index in [9.17, 15) is 22.0 Å². The van der Waals surface area contributed by atoms with E-state index in [2.05, 4.69) is 10.0 Å². The number of fused-ring (bicyclic) bond motifs is 1. The van der Waals surface area contributed by atoms with Gasteiger partial charge in [0.2, 0.25) is 10.0 Å². The van der Waals surface area contributed by atoms with Gasteiger partial charge < -0.3 is 14.6 Å². The number of ether oxygens (including phenoxy) is 1. The summed E-state index contributed by atoms with van der Waals surface area (Å²) in [6.45, 7) is 3.04. The molecule has 0 saturated heterocycles. The Morgan fingerprint density at radius 1 is 1.38 bits per heavy atom. The van der Waals surface area contributed by atoms with Crippen molar-refractivity contribution in [2.75, 3.05) is 11.9 Å². The van der Waals surface area contributed by atoms with E-state index >= 15 is 0 Å². The Balaban J connectivity index is 2.01. The summed E-state index contributed by atoms with van der Waals surface area (Å²) >= 11 is 0. The second-order valence-corrected chi connectivity index (χ2v) is 7.84. The number of rotatable bonds is 2. The summed E-state index contributed by atoms with van der Waals surface area (Å²) in [6.07, 6.45) is 1.26. The second kappa shape index (κ2) is 6.36. The molecular weight excluding hydrogens is 368 g/mol. The molecule has 0 bridgehead atoms. The van der Waals surface area contributed by atoms with Gasteiger partial charge in [0, 0.05) is 25.0 Å². The molecule has 2 N–H and O–H groups in total. The number of sulfonamides is 1. The van der Waals surface area contributed by atoms with Crippen LogP contribution < -0.4 is 14.8 Å². The first-order valence-electron chi connectivity index (χ1n) is 7.71. The van der Waals surface area contributed by atoms with Crippen LogP contribution in [0.5, 0.6) is 5.75 Å². The van der Waals surface area contributed by atoms with Gasteiger partial charge in [-0.15, -0.1) is 0 Å². The molecule has 0 radical (unpaired) electrons. The highest BCUT2D eigenvalue weighted by Gasteiger charge is 2.33. The summed E-state index contributed by atoms with van der Waals surface area (Å²) in [5.74, 6) is -2.88. The molecule has 140 valence electrons. The molecule has 26 heavy (non-hydrogen) atoms. The third-order valence-electron chi connectivity index (χ3n) is 3.91. The third-order valence-corrected chi connectivity index (χ3v) is 5.49. The van der Waals surface area contributed by atoms with Gasteiger partial charge in [0.25, 0.3) is 5.91 Å². The quantitative estimate of drug-likeness (QED) is 0.827. The number of aryl methyl sites for hydroxylation is 2. The molecule has 0 unspecified atom stereocenters. The minimum Gasteiger partial charge on any atom is -0.488 e. The molecular formula is C16H17F2N3O4S. The van der Waals surface area contributed by atoms with E-state index in [4.69, 9.17) is 4.74 Å². The summed E-state index contributed by atoms with van der Waals surface area (Å²) in [5, 5.41) is 2.44. The Bertz CT molecular complexity index is 978. The molecule has 1 atom stereocenters. The number of carbonyl (C=O) groups excluding carboxylic acids is 1. The fourth-order valence-electron chi connectivity index (χ4n) is 2.73. The van der Waals surface area contributed by atoms with E-state index in [0.717, 1.165) is 6.07 Å². The molecule has 0 aliphatic carbocycles. The molecule has 2 heterocycles. The maximum Gasteiger partial charge on any atom is 0.276 e. The molecule has 1 aromatic carbocycles. The van der Waals surface area contributed by atoms with Crippen molar-refractivity contribution in [2.45, 2.75) is 24.8 Å². The number of hydrogen-bond donors (Lipinski definition) is 2. The van der Waals surface area contributed by atoms with Crippen LogP contribution in [0.3, 0.4) is 0 Å². The first kappa shape index (κ1) is 18.3. The Hall–Kier alpha value is -2.46. The summed E-state index contributed by atoms with van der Waals surface area (Å²) in [5.41, 5.74) is 0.0362. The monoisotopic (exact) mass is 385 g/mol. The number of anilines is 1. The standard InChI is InChI=1S/C16H17F2N3O4S/c1-8-4-10(5-11(17)13(8)18)19-16(22)14-15-12(6-21(14)3)26(23,24)20-9(2)7-25-15/h4-6,9,20H,7H2,1-3H3,(H,19,22)/t9-/m0/s1. The Labute approximate surface area is 149 Å². The van der Waals surface area contributed by atoms with Gasteiger partial charge in [-0.2, -0.15) is 0 Å². The Kier molecular flexibility index (Phi) is 4.49. The molecule has 2 aromatic rings. The van der Waals surface area contributed by atoms with E-state index in [1.165, 1.54) is 30.8 Å². The number of carbonyl (C=O) groups is 1. The van der Waals surface area contributed by atoms with Crippen LogP contribution in [0.2, 0.25) is 0 Å². The van der Waals surface area contributed by atoms with Crippen LogP contribution in [-0.4, -0.2) is 31.5 Å². The number of halogens is 2. The lowest BCUT2D eigenvalue weighted by Crippen LogP contribution is -2.34. The van der Waals surface area contributed by atoms with Gasteiger partial charge >= 0.3 is 0 Å². The van der Waals surface area contributed by atoms with Gasteiger partial charge in [0.1, 0.15) is 11.5 Å². The highest BCUT2D eigenvalue weighted by molar-refractivity contribution is 7.89. The average molecular weight is 385 g/mol. The van der Waals surface area contributed by atoms with Crippen LogP contribution in [0.1, 0.15) is 23.0 Å². The van der Waals surface area contributed by atoms with E-state index in [-0.39, 0.29) is 34.2 Å². The molecule has 0 saturated carbocycles. The molecule has 1 aliphatic rings. The van der Waals surface area contributed by atoms with Gasteiger partial charge in [-0.05, 0) is 25.5 Å². The lowest BCUT2D eigenvalue weighted by atomic mass is 10.2. The zero-order chi connectivity index (χ0) is 19.2. The van der Waals surface area contributed by atoms with Crippen LogP contribution >= 0.6 is 0 Å². The van der Waals surface area contributed by atoms with Gasteiger partial charge in [-0.25, -0.2) is 21.9 Å². The van der Waals surface area contributed by atoms with Crippen molar-refractivity contribution in [2.24, 2.45) is 7.05 Å².